The number of anilines is 1. The number of aliphatic hydroxyl groups excluding tert-OH is 2. The van der Waals surface area contributed by atoms with Gasteiger partial charge in [-0.05, 0) is 32.0 Å². The number of nitrogens with zero attached hydrogens (tertiary/aromatic N) is 2. The lowest BCUT2D eigenvalue weighted by Crippen LogP contribution is -2.52. The number of thiazole rings is 1. The van der Waals surface area contributed by atoms with Crippen molar-refractivity contribution < 1.29 is 28.5 Å². The smallest absolute Gasteiger partial charge is 0.275 e. The number of halogens is 2. The molecule has 1 amide bonds. The minimum absolute atomic E-state index is 0.0113. The Kier molecular flexibility index (Phi) is 6.04. The fourth-order valence-corrected chi connectivity index (χ4v) is 4.51. The highest BCUT2D eigenvalue weighted by Gasteiger charge is 2.43. The second kappa shape index (κ2) is 8.62. The molecule has 0 saturated carbocycles. The standard InChI is InChI=1S/C22H21F2N3O4S/c1-22(2)19(29)16(28)8-17(31-22)11-6-7-25-9-14(11)26-20(30)15-10-32-21(27-15)18-12(23)4-3-5-13(18)24/h3-7,9-10,16-17,19,28-29H,8H2,1-2H3,(H,26,30). The van der Waals surface area contributed by atoms with Crippen molar-refractivity contribution in [1.29, 1.82) is 0 Å². The van der Waals surface area contributed by atoms with Gasteiger partial charge >= 0.3 is 0 Å². The van der Waals surface area contributed by atoms with Crippen LogP contribution in [0.1, 0.15) is 42.4 Å². The van der Waals surface area contributed by atoms with E-state index in [4.69, 9.17) is 4.74 Å². The monoisotopic (exact) mass is 461 g/mol. The van der Waals surface area contributed by atoms with E-state index in [-0.39, 0.29) is 22.7 Å². The fraction of sp³-hybridized carbons (Fsp3) is 0.318. The van der Waals surface area contributed by atoms with Crippen molar-refractivity contribution in [1.82, 2.24) is 9.97 Å². The maximum atomic E-state index is 14.0. The van der Waals surface area contributed by atoms with Crippen molar-refractivity contribution in [3.05, 3.63) is 64.9 Å². The van der Waals surface area contributed by atoms with Crippen LogP contribution in [0.15, 0.2) is 42.0 Å². The molecule has 0 spiro atoms. The molecule has 32 heavy (non-hydrogen) atoms. The van der Waals surface area contributed by atoms with Gasteiger partial charge < -0.3 is 20.3 Å². The number of ether oxygens (including phenoxy) is 1. The van der Waals surface area contributed by atoms with Crippen LogP contribution < -0.4 is 5.32 Å². The number of rotatable bonds is 4. The Hall–Kier alpha value is -2.79. The average Bonchev–Trinajstić information content (AvgIpc) is 3.22. The Labute approximate surface area is 186 Å². The van der Waals surface area contributed by atoms with Gasteiger partial charge in [-0.1, -0.05) is 6.07 Å². The second-order valence-electron chi connectivity index (χ2n) is 8.01. The number of nitrogens with one attached hydrogen (secondary N) is 1. The summed E-state index contributed by atoms with van der Waals surface area (Å²) in [6.45, 7) is 3.34. The van der Waals surface area contributed by atoms with E-state index < -0.39 is 41.5 Å². The normalized spacial score (nSPS) is 22.5. The van der Waals surface area contributed by atoms with Gasteiger partial charge in [0, 0.05) is 23.6 Å². The van der Waals surface area contributed by atoms with Gasteiger partial charge in [0.05, 0.1) is 35.3 Å². The van der Waals surface area contributed by atoms with Crippen LogP contribution in [0.4, 0.5) is 14.5 Å². The third kappa shape index (κ3) is 4.26. The highest BCUT2D eigenvalue weighted by molar-refractivity contribution is 7.13. The molecule has 1 aromatic carbocycles. The molecule has 3 aromatic rings. The molecule has 4 rings (SSSR count). The molecule has 3 unspecified atom stereocenters. The minimum Gasteiger partial charge on any atom is -0.390 e. The van der Waals surface area contributed by atoms with Crippen molar-refractivity contribution in [2.24, 2.45) is 0 Å². The first-order valence-electron chi connectivity index (χ1n) is 9.86. The SMILES string of the molecule is CC1(C)OC(c2ccncc2NC(=O)c2csc(-c3c(F)cccc3F)n2)CC(O)C1O. The van der Waals surface area contributed by atoms with E-state index in [9.17, 15) is 23.8 Å². The summed E-state index contributed by atoms with van der Waals surface area (Å²) < 4.78 is 34.1. The summed E-state index contributed by atoms with van der Waals surface area (Å²) in [4.78, 5) is 20.9. The predicted octanol–water partition coefficient (Wildman–Crippen LogP) is 3.70. The number of hydrogen-bond donors (Lipinski definition) is 3. The highest BCUT2D eigenvalue weighted by Crippen LogP contribution is 2.39. The lowest BCUT2D eigenvalue weighted by Gasteiger charge is -2.43. The summed E-state index contributed by atoms with van der Waals surface area (Å²) in [5, 5.41) is 24.6. The van der Waals surface area contributed by atoms with E-state index in [0.717, 1.165) is 23.5 Å². The van der Waals surface area contributed by atoms with Crippen LogP contribution in [0.25, 0.3) is 10.6 Å². The number of aliphatic hydroxyl groups is 2. The summed E-state index contributed by atoms with van der Waals surface area (Å²) in [6.07, 6.45) is 0.444. The zero-order valence-corrected chi connectivity index (χ0v) is 18.1. The molecule has 1 aliphatic heterocycles. The maximum Gasteiger partial charge on any atom is 0.275 e. The Balaban J connectivity index is 1.58. The van der Waals surface area contributed by atoms with Gasteiger partial charge in [-0.2, -0.15) is 0 Å². The van der Waals surface area contributed by atoms with Crippen LogP contribution in [-0.4, -0.2) is 43.9 Å². The number of carbonyl (C=O) groups excluding carboxylic acids is 1. The summed E-state index contributed by atoms with van der Waals surface area (Å²) in [7, 11) is 0. The quantitative estimate of drug-likeness (QED) is 0.547. The number of hydrogen-bond acceptors (Lipinski definition) is 7. The van der Waals surface area contributed by atoms with Gasteiger partial charge in [0.25, 0.3) is 5.91 Å². The summed E-state index contributed by atoms with van der Waals surface area (Å²) in [5.74, 6) is -2.12. The third-order valence-corrected chi connectivity index (χ3v) is 6.20. The van der Waals surface area contributed by atoms with Crippen molar-refractivity contribution in [2.45, 2.75) is 44.2 Å². The molecule has 0 aliphatic carbocycles. The molecule has 2 aromatic heterocycles. The molecular formula is C22H21F2N3O4S. The summed E-state index contributed by atoms with van der Waals surface area (Å²) in [6, 6.07) is 5.16. The third-order valence-electron chi connectivity index (χ3n) is 5.34. The maximum absolute atomic E-state index is 14.0. The molecule has 1 aliphatic rings. The van der Waals surface area contributed by atoms with E-state index in [0.29, 0.717) is 11.3 Å². The first-order valence-corrected chi connectivity index (χ1v) is 10.7. The van der Waals surface area contributed by atoms with Gasteiger partial charge in [0.15, 0.2) is 0 Å². The molecule has 10 heteroatoms. The molecule has 1 saturated heterocycles. The van der Waals surface area contributed by atoms with E-state index in [1.807, 2.05) is 0 Å². The van der Waals surface area contributed by atoms with Gasteiger partial charge in [-0.15, -0.1) is 11.3 Å². The molecule has 3 N–H and O–H groups in total. The van der Waals surface area contributed by atoms with Crippen LogP contribution >= 0.6 is 11.3 Å². The number of aromatic nitrogens is 2. The van der Waals surface area contributed by atoms with E-state index in [1.54, 1.807) is 19.9 Å². The Morgan fingerprint density at radius 2 is 1.97 bits per heavy atom. The molecule has 7 nitrogen and oxygen atoms in total. The molecule has 0 bridgehead atoms. The lowest BCUT2D eigenvalue weighted by molar-refractivity contribution is -0.214. The van der Waals surface area contributed by atoms with Crippen molar-refractivity contribution in [2.75, 3.05) is 5.32 Å². The van der Waals surface area contributed by atoms with Crippen LogP contribution in [0.2, 0.25) is 0 Å². The van der Waals surface area contributed by atoms with Crippen molar-refractivity contribution in [3.8, 4) is 10.6 Å². The number of amides is 1. The zero-order chi connectivity index (χ0) is 23.0. The second-order valence-corrected chi connectivity index (χ2v) is 8.87. The number of carbonyl (C=O) groups is 1. The molecule has 3 atom stereocenters. The topological polar surface area (TPSA) is 105 Å². The van der Waals surface area contributed by atoms with Crippen LogP contribution in [0.5, 0.6) is 0 Å². The molecular weight excluding hydrogens is 440 g/mol. The van der Waals surface area contributed by atoms with Crippen molar-refractivity contribution in [3.63, 3.8) is 0 Å². The fourth-order valence-electron chi connectivity index (χ4n) is 3.66. The zero-order valence-electron chi connectivity index (χ0n) is 17.3. The highest BCUT2D eigenvalue weighted by atomic mass is 32.1. The summed E-state index contributed by atoms with van der Waals surface area (Å²) >= 11 is 0.949. The first kappa shape index (κ1) is 22.4. The molecule has 3 heterocycles. The van der Waals surface area contributed by atoms with E-state index >= 15 is 0 Å². The van der Waals surface area contributed by atoms with E-state index in [1.165, 1.54) is 23.8 Å². The van der Waals surface area contributed by atoms with Gasteiger partial charge in [0.2, 0.25) is 0 Å². The van der Waals surface area contributed by atoms with Crippen LogP contribution in [0, 0.1) is 11.6 Å². The van der Waals surface area contributed by atoms with E-state index in [2.05, 4.69) is 15.3 Å². The molecule has 0 radical (unpaired) electrons. The van der Waals surface area contributed by atoms with Gasteiger partial charge in [0.1, 0.15) is 28.4 Å². The van der Waals surface area contributed by atoms with Gasteiger partial charge in [-0.3, -0.25) is 9.78 Å². The lowest BCUT2D eigenvalue weighted by atomic mass is 9.87. The Morgan fingerprint density at radius 3 is 2.66 bits per heavy atom. The average molecular weight is 461 g/mol. The summed E-state index contributed by atoms with van der Waals surface area (Å²) in [5.41, 5.74) is -0.385. The predicted molar refractivity (Wildman–Crippen MR) is 114 cm³/mol. The molecule has 168 valence electrons. The van der Waals surface area contributed by atoms with Crippen LogP contribution in [0.3, 0.4) is 0 Å². The largest absolute Gasteiger partial charge is 0.390 e. The Morgan fingerprint density at radius 1 is 1.25 bits per heavy atom. The minimum atomic E-state index is -1.05. The molecule has 1 fully saturated rings. The van der Waals surface area contributed by atoms with Crippen molar-refractivity contribution >= 4 is 22.9 Å². The number of benzene rings is 1. The number of pyridine rings is 1. The van der Waals surface area contributed by atoms with Gasteiger partial charge in [-0.25, -0.2) is 13.8 Å². The first-order chi connectivity index (χ1) is 15.2. The Bertz CT molecular complexity index is 1130. The van der Waals surface area contributed by atoms with Crippen LogP contribution in [-0.2, 0) is 4.74 Å².